The van der Waals surface area contributed by atoms with Gasteiger partial charge in [0.2, 0.25) is 11.7 Å². The number of nitrogens with one attached hydrogen (secondary N) is 2. The normalized spacial score (nSPS) is 14.5. The molecular weight excluding hydrogens is 402 g/mol. The first-order valence-electron chi connectivity index (χ1n) is 9.37. The topological polar surface area (TPSA) is 106 Å². The molecule has 1 aliphatic heterocycles. The molecule has 0 radical (unpaired) electrons. The zero-order valence-electron chi connectivity index (χ0n) is 17.6. The van der Waals surface area contributed by atoms with Crippen LogP contribution in [0.4, 0.5) is 10.5 Å². The van der Waals surface area contributed by atoms with Gasteiger partial charge < -0.3 is 24.8 Å². The van der Waals surface area contributed by atoms with Gasteiger partial charge in [-0.2, -0.15) is 0 Å². The Kier molecular flexibility index (Phi) is 6.44. The third-order valence-corrected chi connectivity index (χ3v) is 4.60. The maximum atomic E-state index is 12.7. The summed E-state index contributed by atoms with van der Waals surface area (Å²) in [5, 5.41) is 5.15. The van der Waals surface area contributed by atoms with Gasteiger partial charge in [-0.3, -0.25) is 9.59 Å². The first-order chi connectivity index (χ1) is 14.9. The van der Waals surface area contributed by atoms with Crippen molar-refractivity contribution >= 4 is 29.6 Å². The van der Waals surface area contributed by atoms with Crippen LogP contribution in [0.2, 0.25) is 0 Å². The Morgan fingerprint density at radius 1 is 1.03 bits per heavy atom. The SMILES string of the molecule is COc1cc(C=C2NC(=O)N(CC(=O)Nc3ccc(C)cc3)C2=O)cc(OC)c1OC. The van der Waals surface area contributed by atoms with Crippen LogP contribution in [0.15, 0.2) is 42.1 Å². The van der Waals surface area contributed by atoms with Crippen LogP contribution in [0.3, 0.4) is 0 Å². The zero-order valence-corrected chi connectivity index (χ0v) is 17.6. The molecule has 2 aromatic carbocycles. The molecule has 162 valence electrons. The van der Waals surface area contributed by atoms with Gasteiger partial charge in [0.1, 0.15) is 12.2 Å². The summed E-state index contributed by atoms with van der Waals surface area (Å²) in [7, 11) is 4.44. The number of rotatable bonds is 7. The minimum absolute atomic E-state index is 0.0300. The number of aryl methyl sites for hydroxylation is 1. The van der Waals surface area contributed by atoms with E-state index in [0.717, 1.165) is 10.5 Å². The summed E-state index contributed by atoms with van der Waals surface area (Å²) in [5.74, 6) is 0.113. The molecule has 31 heavy (non-hydrogen) atoms. The van der Waals surface area contributed by atoms with Crippen LogP contribution in [-0.4, -0.2) is 50.6 Å². The number of imide groups is 1. The highest BCUT2D eigenvalue weighted by Gasteiger charge is 2.35. The van der Waals surface area contributed by atoms with Crippen LogP contribution >= 0.6 is 0 Å². The number of nitrogens with zero attached hydrogens (tertiary/aromatic N) is 1. The number of carbonyl (C=O) groups excluding carboxylic acids is 3. The molecule has 0 atom stereocenters. The fourth-order valence-corrected chi connectivity index (χ4v) is 3.05. The third-order valence-electron chi connectivity index (χ3n) is 4.60. The third kappa shape index (κ3) is 4.77. The summed E-state index contributed by atoms with van der Waals surface area (Å²) in [4.78, 5) is 38.1. The van der Waals surface area contributed by atoms with Crippen molar-refractivity contribution in [3.8, 4) is 17.2 Å². The smallest absolute Gasteiger partial charge is 0.329 e. The van der Waals surface area contributed by atoms with Crippen molar-refractivity contribution < 1.29 is 28.6 Å². The van der Waals surface area contributed by atoms with Crippen molar-refractivity contribution in [2.24, 2.45) is 0 Å². The molecular formula is C22H23N3O6. The minimum atomic E-state index is -0.678. The Hall–Kier alpha value is -4.01. The van der Waals surface area contributed by atoms with Gasteiger partial charge in [0.15, 0.2) is 11.5 Å². The summed E-state index contributed by atoms with van der Waals surface area (Å²) in [6, 6.07) is 9.79. The Balaban J connectivity index is 1.77. The van der Waals surface area contributed by atoms with Gasteiger partial charge in [-0.05, 0) is 42.8 Å². The van der Waals surface area contributed by atoms with Gasteiger partial charge in [0.25, 0.3) is 5.91 Å². The largest absolute Gasteiger partial charge is 0.493 e. The molecule has 9 heteroatoms. The molecule has 2 aromatic rings. The van der Waals surface area contributed by atoms with Crippen LogP contribution in [0.25, 0.3) is 6.08 Å². The van der Waals surface area contributed by atoms with E-state index in [9.17, 15) is 14.4 Å². The fourth-order valence-electron chi connectivity index (χ4n) is 3.05. The quantitative estimate of drug-likeness (QED) is 0.522. The highest BCUT2D eigenvalue weighted by molar-refractivity contribution is 6.16. The average Bonchev–Trinajstić information content (AvgIpc) is 3.01. The van der Waals surface area contributed by atoms with E-state index in [-0.39, 0.29) is 5.70 Å². The van der Waals surface area contributed by atoms with Gasteiger partial charge in [0, 0.05) is 5.69 Å². The van der Waals surface area contributed by atoms with Gasteiger partial charge in [-0.1, -0.05) is 17.7 Å². The molecule has 1 aliphatic rings. The van der Waals surface area contributed by atoms with E-state index in [2.05, 4.69) is 10.6 Å². The molecule has 1 fully saturated rings. The number of carbonyl (C=O) groups is 3. The highest BCUT2D eigenvalue weighted by Crippen LogP contribution is 2.38. The van der Waals surface area contributed by atoms with Crippen LogP contribution in [0.1, 0.15) is 11.1 Å². The lowest BCUT2D eigenvalue weighted by Gasteiger charge is -2.13. The van der Waals surface area contributed by atoms with Crippen molar-refractivity contribution in [3.05, 3.63) is 53.2 Å². The van der Waals surface area contributed by atoms with E-state index in [1.807, 2.05) is 19.1 Å². The number of benzene rings is 2. The standard InChI is InChI=1S/C22H23N3O6/c1-13-5-7-15(8-6-13)23-19(26)12-25-21(27)16(24-22(25)28)9-14-10-17(29-2)20(31-4)18(11-14)30-3/h5-11H,12H2,1-4H3,(H,23,26)(H,24,28). The van der Waals surface area contributed by atoms with Crippen LogP contribution in [0, 0.1) is 6.92 Å². The molecule has 0 saturated carbocycles. The molecule has 0 bridgehead atoms. The van der Waals surface area contributed by atoms with Crippen molar-refractivity contribution in [2.45, 2.75) is 6.92 Å². The van der Waals surface area contributed by atoms with Crippen LogP contribution in [0.5, 0.6) is 17.2 Å². The molecule has 1 heterocycles. The molecule has 1 saturated heterocycles. The minimum Gasteiger partial charge on any atom is -0.493 e. The molecule has 2 N–H and O–H groups in total. The van der Waals surface area contributed by atoms with Crippen molar-refractivity contribution in [1.82, 2.24) is 10.2 Å². The van der Waals surface area contributed by atoms with Crippen molar-refractivity contribution in [2.75, 3.05) is 33.2 Å². The van der Waals surface area contributed by atoms with Gasteiger partial charge >= 0.3 is 6.03 Å². The van der Waals surface area contributed by atoms with E-state index in [0.29, 0.717) is 28.5 Å². The van der Waals surface area contributed by atoms with Crippen LogP contribution < -0.4 is 24.8 Å². The number of urea groups is 1. The Bertz CT molecular complexity index is 1020. The maximum Gasteiger partial charge on any atom is 0.329 e. The summed E-state index contributed by atoms with van der Waals surface area (Å²) >= 11 is 0. The first kappa shape index (κ1) is 21.7. The number of hydrogen-bond acceptors (Lipinski definition) is 6. The van der Waals surface area contributed by atoms with Gasteiger partial charge in [-0.25, -0.2) is 9.69 Å². The number of amides is 4. The second-order valence-electron chi connectivity index (χ2n) is 6.75. The number of anilines is 1. The zero-order chi connectivity index (χ0) is 22.5. The summed E-state index contributed by atoms with van der Waals surface area (Å²) in [5.41, 5.74) is 2.20. The lowest BCUT2D eigenvalue weighted by molar-refractivity contribution is -0.127. The number of hydrogen-bond donors (Lipinski definition) is 2. The van der Waals surface area contributed by atoms with E-state index >= 15 is 0 Å². The molecule has 0 aromatic heterocycles. The Morgan fingerprint density at radius 3 is 2.19 bits per heavy atom. The lowest BCUT2D eigenvalue weighted by atomic mass is 10.1. The van der Waals surface area contributed by atoms with E-state index in [1.165, 1.54) is 27.4 Å². The number of methoxy groups -OCH3 is 3. The molecule has 3 rings (SSSR count). The van der Waals surface area contributed by atoms with Crippen molar-refractivity contribution in [3.63, 3.8) is 0 Å². The molecule has 9 nitrogen and oxygen atoms in total. The maximum absolute atomic E-state index is 12.7. The lowest BCUT2D eigenvalue weighted by Crippen LogP contribution is -2.38. The van der Waals surface area contributed by atoms with E-state index < -0.39 is 24.4 Å². The second-order valence-corrected chi connectivity index (χ2v) is 6.75. The highest BCUT2D eigenvalue weighted by atomic mass is 16.5. The fraction of sp³-hybridized carbons (Fsp3) is 0.227. The van der Waals surface area contributed by atoms with Crippen LogP contribution in [-0.2, 0) is 9.59 Å². The summed E-state index contributed by atoms with van der Waals surface area (Å²) in [6.45, 7) is 1.52. The summed E-state index contributed by atoms with van der Waals surface area (Å²) < 4.78 is 15.9. The van der Waals surface area contributed by atoms with Crippen molar-refractivity contribution in [1.29, 1.82) is 0 Å². The Labute approximate surface area is 179 Å². The first-order valence-corrected chi connectivity index (χ1v) is 9.37. The van der Waals surface area contributed by atoms with Gasteiger partial charge in [-0.15, -0.1) is 0 Å². The van der Waals surface area contributed by atoms with E-state index in [1.54, 1.807) is 24.3 Å². The van der Waals surface area contributed by atoms with Gasteiger partial charge in [0.05, 0.1) is 21.3 Å². The Morgan fingerprint density at radius 2 is 1.65 bits per heavy atom. The molecule has 0 unspecified atom stereocenters. The molecule has 0 aliphatic carbocycles. The predicted molar refractivity (Wildman–Crippen MR) is 114 cm³/mol. The molecule has 0 spiro atoms. The second kappa shape index (κ2) is 9.21. The molecule has 4 amide bonds. The average molecular weight is 425 g/mol. The number of ether oxygens (including phenoxy) is 3. The predicted octanol–water partition coefficient (Wildman–Crippen LogP) is 2.55. The monoisotopic (exact) mass is 425 g/mol. The summed E-state index contributed by atoms with van der Waals surface area (Å²) in [6.07, 6.45) is 1.47. The van der Waals surface area contributed by atoms with E-state index in [4.69, 9.17) is 14.2 Å².